The van der Waals surface area contributed by atoms with Crippen molar-refractivity contribution in [3.63, 3.8) is 0 Å². The first-order chi connectivity index (χ1) is 13.7. The fourth-order valence-electron chi connectivity index (χ4n) is 2.74. The molecule has 166 valence electrons. The number of unbranched alkanes of at least 4 members (excludes halogenated alkanes) is 9. The van der Waals surface area contributed by atoms with Crippen LogP contribution in [0.2, 0.25) is 0 Å². The van der Waals surface area contributed by atoms with Crippen molar-refractivity contribution in [2.75, 3.05) is 33.0 Å². The smallest absolute Gasteiger partial charge is 0.305 e. The lowest BCUT2D eigenvalue weighted by Gasteiger charge is -2.06. The average Bonchev–Trinajstić information content (AvgIpc) is 2.67. The minimum absolute atomic E-state index is 0.119. The molecule has 0 rings (SSSR count). The van der Waals surface area contributed by atoms with Crippen LogP contribution in [0.4, 0.5) is 0 Å². The second-order valence-electron chi connectivity index (χ2n) is 7.23. The molecule has 0 spiro atoms. The van der Waals surface area contributed by atoms with Crippen molar-refractivity contribution in [1.29, 1.82) is 0 Å². The van der Waals surface area contributed by atoms with Gasteiger partial charge in [-0.1, -0.05) is 51.9 Å². The third-order valence-corrected chi connectivity index (χ3v) is 4.48. The van der Waals surface area contributed by atoms with Crippen molar-refractivity contribution in [2.24, 2.45) is 0 Å². The Morgan fingerprint density at radius 2 is 1.11 bits per heavy atom. The molecule has 0 saturated heterocycles. The van der Waals surface area contributed by atoms with Crippen molar-refractivity contribution in [2.45, 2.75) is 96.8 Å². The molecule has 0 amide bonds. The summed E-state index contributed by atoms with van der Waals surface area (Å²) >= 11 is 0. The highest BCUT2D eigenvalue weighted by atomic mass is 16.5. The zero-order valence-corrected chi connectivity index (χ0v) is 17.9. The standard InChI is InChI=1S/C22H42O6/c1-2-3-16-26-19-20-27-17-12-8-6-4-5-7-9-13-18-28-22(25)15-11-10-14-21(23)24/h2-20H2,1H3,(H,23,24). The number of carboxylic acid groups (broad SMARTS) is 1. The summed E-state index contributed by atoms with van der Waals surface area (Å²) in [5, 5.41) is 8.52. The summed E-state index contributed by atoms with van der Waals surface area (Å²) in [5.74, 6) is -1.02. The lowest BCUT2D eigenvalue weighted by molar-refractivity contribution is -0.144. The van der Waals surface area contributed by atoms with Gasteiger partial charge in [0.2, 0.25) is 0 Å². The van der Waals surface area contributed by atoms with Crippen LogP contribution >= 0.6 is 0 Å². The number of hydrogen-bond acceptors (Lipinski definition) is 5. The van der Waals surface area contributed by atoms with E-state index in [0.717, 1.165) is 38.9 Å². The molecule has 6 heteroatoms. The molecule has 0 unspecified atom stereocenters. The highest BCUT2D eigenvalue weighted by molar-refractivity contribution is 5.69. The first-order valence-corrected chi connectivity index (χ1v) is 11.2. The van der Waals surface area contributed by atoms with Crippen LogP contribution in [0.15, 0.2) is 0 Å². The fraction of sp³-hybridized carbons (Fsp3) is 0.909. The molecule has 0 saturated carbocycles. The molecule has 0 aliphatic heterocycles. The molecule has 0 heterocycles. The van der Waals surface area contributed by atoms with Gasteiger partial charge in [-0.15, -0.1) is 0 Å². The summed E-state index contributed by atoms with van der Waals surface area (Å²) in [6, 6.07) is 0. The Morgan fingerprint density at radius 1 is 0.607 bits per heavy atom. The number of esters is 1. The van der Waals surface area contributed by atoms with Gasteiger partial charge in [-0.3, -0.25) is 9.59 Å². The van der Waals surface area contributed by atoms with E-state index < -0.39 is 5.97 Å². The maximum atomic E-state index is 11.5. The SMILES string of the molecule is CCCCOCCOCCCCCCCCCCOC(=O)CCCCC(=O)O. The van der Waals surface area contributed by atoms with Crippen LogP contribution in [0.1, 0.15) is 96.8 Å². The first kappa shape index (κ1) is 26.9. The Labute approximate surface area is 171 Å². The molecular formula is C22H42O6. The number of hydrogen-bond donors (Lipinski definition) is 1. The quantitative estimate of drug-likeness (QED) is 0.200. The molecule has 0 fully saturated rings. The van der Waals surface area contributed by atoms with Crippen molar-refractivity contribution in [1.82, 2.24) is 0 Å². The molecule has 0 atom stereocenters. The molecule has 1 N–H and O–H groups in total. The Kier molecular flexibility index (Phi) is 21.3. The fourth-order valence-corrected chi connectivity index (χ4v) is 2.74. The van der Waals surface area contributed by atoms with E-state index in [4.69, 9.17) is 19.3 Å². The van der Waals surface area contributed by atoms with Crippen LogP contribution in [0.25, 0.3) is 0 Å². The molecule has 0 aliphatic rings. The Hall–Kier alpha value is -1.14. The maximum Gasteiger partial charge on any atom is 0.305 e. The molecule has 0 aromatic heterocycles. The van der Waals surface area contributed by atoms with Gasteiger partial charge in [0.25, 0.3) is 0 Å². The van der Waals surface area contributed by atoms with Gasteiger partial charge in [-0.2, -0.15) is 0 Å². The van der Waals surface area contributed by atoms with Crippen LogP contribution in [0, 0.1) is 0 Å². The molecule has 0 radical (unpaired) electrons. The van der Waals surface area contributed by atoms with Gasteiger partial charge >= 0.3 is 11.9 Å². The third kappa shape index (κ3) is 22.9. The summed E-state index contributed by atoms with van der Waals surface area (Å²) < 4.78 is 16.2. The largest absolute Gasteiger partial charge is 0.481 e. The lowest BCUT2D eigenvalue weighted by Crippen LogP contribution is -2.06. The average molecular weight is 403 g/mol. The van der Waals surface area contributed by atoms with Gasteiger partial charge in [0.05, 0.1) is 19.8 Å². The molecule has 28 heavy (non-hydrogen) atoms. The third-order valence-electron chi connectivity index (χ3n) is 4.48. The van der Waals surface area contributed by atoms with E-state index in [0.29, 0.717) is 39.1 Å². The Balaban J connectivity index is 3.11. The molecule has 6 nitrogen and oxygen atoms in total. The van der Waals surface area contributed by atoms with Crippen LogP contribution in [0.3, 0.4) is 0 Å². The topological polar surface area (TPSA) is 82.1 Å². The maximum absolute atomic E-state index is 11.5. The molecular weight excluding hydrogens is 360 g/mol. The summed E-state index contributed by atoms with van der Waals surface area (Å²) in [4.78, 5) is 21.8. The number of rotatable bonds is 22. The van der Waals surface area contributed by atoms with Crippen molar-refractivity contribution in [3.8, 4) is 0 Å². The Morgan fingerprint density at radius 3 is 1.68 bits per heavy atom. The summed E-state index contributed by atoms with van der Waals surface area (Å²) in [6.45, 7) is 5.73. The van der Waals surface area contributed by atoms with Gasteiger partial charge < -0.3 is 19.3 Å². The van der Waals surface area contributed by atoms with Crippen molar-refractivity contribution in [3.05, 3.63) is 0 Å². The highest BCUT2D eigenvalue weighted by Crippen LogP contribution is 2.09. The van der Waals surface area contributed by atoms with Gasteiger partial charge in [0, 0.05) is 26.1 Å². The van der Waals surface area contributed by atoms with Crippen molar-refractivity contribution < 1.29 is 28.9 Å². The zero-order valence-electron chi connectivity index (χ0n) is 17.9. The van der Waals surface area contributed by atoms with E-state index in [1.807, 2.05) is 0 Å². The molecule has 0 aromatic carbocycles. The van der Waals surface area contributed by atoms with E-state index >= 15 is 0 Å². The number of carboxylic acids is 1. The van der Waals surface area contributed by atoms with Gasteiger partial charge in [0.15, 0.2) is 0 Å². The summed E-state index contributed by atoms with van der Waals surface area (Å²) in [6.07, 6.45) is 13.1. The van der Waals surface area contributed by atoms with E-state index in [1.54, 1.807) is 0 Å². The van der Waals surface area contributed by atoms with Crippen LogP contribution in [-0.4, -0.2) is 50.1 Å². The monoisotopic (exact) mass is 402 g/mol. The summed E-state index contributed by atoms with van der Waals surface area (Å²) in [5.41, 5.74) is 0. The predicted octanol–water partition coefficient (Wildman–Crippen LogP) is 5.13. The molecule has 0 bridgehead atoms. The molecule has 0 aromatic rings. The van der Waals surface area contributed by atoms with Crippen LogP contribution in [0.5, 0.6) is 0 Å². The first-order valence-electron chi connectivity index (χ1n) is 11.2. The molecule has 0 aliphatic carbocycles. The number of aliphatic carboxylic acids is 1. The minimum Gasteiger partial charge on any atom is -0.481 e. The number of ether oxygens (including phenoxy) is 3. The second-order valence-corrected chi connectivity index (χ2v) is 7.23. The zero-order chi connectivity index (χ0) is 20.7. The minimum atomic E-state index is -0.815. The van der Waals surface area contributed by atoms with E-state index in [2.05, 4.69) is 6.92 Å². The van der Waals surface area contributed by atoms with Crippen LogP contribution < -0.4 is 0 Å². The van der Waals surface area contributed by atoms with Gasteiger partial charge in [-0.25, -0.2) is 0 Å². The normalized spacial score (nSPS) is 10.9. The highest BCUT2D eigenvalue weighted by Gasteiger charge is 2.04. The number of carbonyl (C=O) groups excluding carboxylic acids is 1. The van der Waals surface area contributed by atoms with E-state index in [-0.39, 0.29) is 12.4 Å². The van der Waals surface area contributed by atoms with Gasteiger partial charge in [0.1, 0.15) is 0 Å². The van der Waals surface area contributed by atoms with Crippen molar-refractivity contribution >= 4 is 11.9 Å². The van der Waals surface area contributed by atoms with E-state index in [9.17, 15) is 9.59 Å². The number of carbonyl (C=O) groups is 2. The lowest BCUT2D eigenvalue weighted by atomic mass is 10.1. The Bertz CT molecular complexity index is 359. The van der Waals surface area contributed by atoms with Gasteiger partial charge in [-0.05, 0) is 32.1 Å². The van der Waals surface area contributed by atoms with Crippen LogP contribution in [-0.2, 0) is 23.8 Å². The predicted molar refractivity (Wildman–Crippen MR) is 111 cm³/mol. The summed E-state index contributed by atoms with van der Waals surface area (Å²) in [7, 11) is 0. The second kappa shape index (κ2) is 22.2. The van der Waals surface area contributed by atoms with E-state index in [1.165, 1.54) is 38.5 Å².